The Morgan fingerprint density at radius 3 is 2.85 bits per heavy atom. The zero-order chi connectivity index (χ0) is 9.84. The highest BCUT2D eigenvalue weighted by atomic mass is 35.5. The van der Waals surface area contributed by atoms with Gasteiger partial charge in [-0.15, -0.1) is 6.42 Å². The molecule has 0 aliphatic carbocycles. The van der Waals surface area contributed by atoms with E-state index in [0.29, 0.717) is 0 Å². The Labute approximate surface area is 80.5 Å². The van der Waals surface area contributed by atoms with Crippen LogP contribution in [-0.2, 0) is 0 Å². The van der Waals surface area contributed by atoms with Gasteiger partial charge in [-0.25, -0.2) is 4.39 Å². The highest BCUT2D eigenvalue weighted by Crippen LogP contribution is 2.16. The van der Waals surface area contributed by atoms with Crippen LogP contribution < -0.4 is 0 Å². The summed E-state index contributed by atoms with van der Waals surface area (Å²) >= 11 is 5.44. The number of carbonyl (C=O) groups excluding carboxylic acids is 1. The van der Waals surface area contributed by atoms with Crippen LogP contribution in [0.4, 0.5) is 4.39 Å². The van der Waals surface area contributed by atoms with Gasteiger partial charge in [0.15, 0.2) is 5.78 Å². The molecule has 1 rings (SSSR count). The van der Waals surface area contributed by atoms with E-state index in [1.807, 2.05) is 0 Å². The van der Waals surface area contributed by atoms with Crippen molar-refractivity contribution in [1.82, 2.24) is 0 Å². The topological polar surface area (TPSA) is 17.1 Å². The van der Waals surface area contributed by atoms with Crippen LogP contribution in [0, 0.1) is 18.2 Å². The molecule has 1 aromatic carbocycles. The van der Waals surface area contributed by atoms with E-state index >= 15 is 0 Å². The summed E-state index contributed by atoms with van der Waals surface area (Å²) in [6.45, 7) is 0. The first-order valence-electron chi connectivity index (χ1n) is 3.57. The fourth-order valence-electron chi connectivity index (χ4n) is 0.864. The first kappa shape index (κ1) is 9.76. The molecule has 0 radical (unpaired) electrons. The fraction of sp³-hybridized carbons (Fsp3) is 0.100. The van der Waals surface area contributed by atoms with Crippen LogP contribution in [0.3, 0.4) is 0 Å². The highest BCUT2D eigenvalue weighted by molar-refractivity contribution is 6.30. The monoisotopic (exact) mass is 196 g/mol. The summed E-state index contributed by atoms with van der Waals surface area (Å²) in [5.41, 5.74) is 0.250. The quantitative estimate of drug-likeness (QED) is 0.525. The number of carbonyl (C=O) groups is 1. The maximum atomic E-state index is 12.8. The zero-order valence-corrected chi connectivity index (χ0v) is 7.44. The van der Waals surface area contributed by atoms with Gasteiger partial charge < -0.3 is 0 Å². The van der Waals surface area contributed by atoms with Gasteiger partial charge in [0.05, 0.1) is 11.4 Å². The molecule has 0 aliphatic heterocycles. The summed E-state index contributed by atoms with van der Waals surface area (Å²) < 4.78 is 12.8. The van der Waals surface area contributed by atoms with Gasteiger partial charge in [-0.3, -0.25) is 4.79 Å². The van der Waals surface area contributed by atoms with Gasteiger partial charge in [0.1, 0.15) is 5.82 Å². The number of hydrogen-bond donors (Lipinski definition) is 0. The molecule has 0 heterocycles. The van der Waals surface area contributed by atoms with Crippen LogP contribution in [0.25, 0.3) is 0 Å². The first-order valence-corrected chi connectivity index (χ1v) is 3.94. The molecular formula is C10H6ClFO. The molecule has 1 aromatic rings. The molecule has 0 saturated heterocycles. The van der Waals surface area contributed by atoms with Crippen LogP contribution in [-0.4, -0.2) is 5.78 Å². The second-order valence-corrected chi connectivity index (χ2v) is 2.84. The Morgan fingerprint density at radius 1 is 1.62 bits per heavy atom. The number of Topliss-reactive ketones (excluding diaryl/α,β-unsaturated/α-hetero) is 1. The largest absolute Gasteiger partial charge is 0.293 e. The van der Waals surface area contributed by atoms with Crippen molar-refractivity contribution >= 4 is 17.4 Å². The molecule has 0 bridgehead atoms. The van der Waals surface area contributed by atoms with Gasteiger partial charge in [0, 0.05) is 5.56 Å². The number of halogens is 2. The van der Waals surface area contributed by atoms with Crippen molar-refractivity contribution in [3.05, 3.63) is 34.6 Å². The minimum absolute atomic E-state index is 0.00254. The van der Waals surface area contributed by atoms with Crippen molar-refractivity contribution < 1.29 is 9.18 Å². The zero-order valence-electron chi connectivity index (χ0n) is 6.68. The molecule has 0 fully saturated rings. The second kappa shape index (κ2) is 4.06. The standard InChI is InChI=1S/C10H6ClFO/c1-2-3-10(13)7-4-5-8(11)9(12)6-7/h1,4-6H,3H2. The third kappa shape index (κ3) is 2.30. The number of hydrogen-bond acceptors (Lipinski definition) is 1. The van der Waals surface area contributed by atoms with Crippen LogP contribution in [0.2, 0.25) is 5.02 Å². The summed E-state index contributed by atoms with van der Waals surface area (Å²) in [5.74, 6) is 1.31. The van der Waals surface area contributed by atoms with E-state index in [-0.39, 0.29) is 22.8 Å². The van der Waals surface area contributed by atoms with Crippen molar-refractivity contribution in [2.75, 3.05) is 0 Å². The number of ketones is 1. The normalized spacial score (nSPS) is 9.31. The van der Waals surface area contributed by atoms with Gasteiger partial charge >= 0.3 is 0 Å². The lowest BCUT2D eigenvalue weighted by atomic mass is 10.1. The predicted molar refractivity (Wildman–Crippen MR) is 49.2 cm³/mol. The fourth-order valence-corrected chi connectivity index (χ4v) is 0.982. The smallest absolute Gasteiger partial charge is 0.174 e. The lowest BCUT2D eigenvalue weighted by Crippen LogP contribution is -1.97. The van der Waals surface area contributed by atoms with Crippen LogP contribution in [0.1, 0.15) is 16.8 Å². The third-order valence-electron chi connectivity index (χ3n) is 1.50. The van der Waals surface area contributed by atoms with E-state index in [9.17, 15) is 9.18 Å². The molecule has 0 N–H and O–H groups in total. The second-order valence-electron chi connectivity index (χ2n) is 2.43. The summed E-state index contributed by atoms with van der Waals surface area (Å²) in [7, 11) is 0. The average Bonchev–Trinajstić information content (AvgIpc) is 2.10. The minimum atomic E-state index is -0.607. The molecule has 3 heteroatoms. The maximum Gasteiger partial charge on any atom is 0.174 e. The number of rotatable bonds is 2. The van der Waals surface area contributed by atoms with E-state index < -0.39 is 5.82 Å². The average molecular weight is 197 g/mol. The first-order chi connectivity index (χ1) is 6.15. The summed E-state index contributed by atoms with van der Waals surface area (Å²) in [6, 6.07) is 3.87. The Balaban J connectivity index is 2.98. The molecule has 1 nitrogen and oxygen atoms in total. The molecule has 0 amide bonds. The van der Waals surface area contributed by atoms with Crippen molar-refractivity contribution in [3.63, 3.8) is 0 Å². The Kier molecular flexibility index (Phi) is 3.05. The van der Waals surface area contributed by atoms with E-state index in [4.69, 9.17) is 18.0 Å². The minimum Gasteiger partial charge on any atom is -0.293 e. The lowest BCUT2D eigenvalue weighted by molar-refractivity contribution is 0.0998. The van der Waals surface area contributed by atoms with Crippen molar-refractivity contribution in [3.8, 4) is 12.3 Å². The van der Waals surface area contributed by atoms with Gasteiger partial charge in [-0.2, -0.15) is 0 Å². The van der Waals surface area contributed by atoms with Crippen LogP contribution in [0.5, 0.6) is 0 Å². The molecule has 0 unspecified atom stereocenters. The third-order valence-corrected chi connectivity index (χ3v) is 1.81. The van der Waals surface area contributed by atoms with E-state index in [1.54, 1.807) is 0 Å². The molecule has 13 heavy (non-hydrogen) atoms. The Bertz CT molecular complexity index is 379. The Morgan fingerprint density at radius 2 is 2.31 bits per heavy atom. The highest BCUT2D eigenvalue weighted by Gasteiger charge is 2.06. The van der Waals surface area contributed by atoms with E-state index in [0.717, 1.165) is 6.07 Å². The molecule has 0 saturated carbocycles. The van der Waals surface area contributed by atoms with E-state index in [1.165, 1.54) is 12.1 Å². The van der Waals surface area contributed by atoms with Crippen molar-refractivity contribution in [2.24, 2.45) is 0 Å². The van der Waals surface area contributed by atoms with Crippen molar-refractivity contribution in [2.45, 2.75) is 6.42 Å². The van der Waals surface area contributed by atoms with Crippen LogP contribution >= 0.6 is 11.6 Å². The molecule has 0 aliphatic rings. The molecular weight excluding hydrogens is 191 g/mol. The molecule has 0 atom stereocenters. The van der Waals surface area contributed by atoms with Crippen molar-refractivity contribution in [1.29, 1.82) is 0 Å². The lowest BCUT2D eigenvalue weighted by Gasteiger charge is -1.98. The number of benzene rings is 1. The van der Waals surface area contributed by atoms with Gasteiger partial charge in [-0.1, -0.05) is 17.5 Å². The summed E-state index contributed by atoms with van der Waals surface area (Å²) in [6.07, 6.45) is 4.92. The Hall–Kier alpha value is -1.33. The summed E-state index contributed by atoms with van der Waals surface area (Å²) in [5, 5.41) is -0.00254. The molecule has 66 valence electrons. The molecule has 0 aromatic heterocycles. The molecule has 0 spiro atoms. The SMILES string of the molecule is C#CCC(=O)c1ccc(Cl)c(F)c1. The van der Waals surface area contributed by atoms with Gasteiger partial charge in [0.25, 0.3) is 0 Å². The van der Waals surface area contributed by atoms with E-state index in [2.05, 4.69) is 5.92 Å². The maximum absolute atomic E-state index is 12.8. The number of terminal acetylenes is 1. The van der Waals surface area contributed by atoms with Gasteiger partial charge in [0.2, 0.25) is 0 Å². The van der Waals surface area contributed by atoms with Crippen LogP contribution in [0.15, 0.2) is 18.2 Å². The van der Waals surface area contributed by atoms with Gasteiger partial charge in [-0.05, 0) is 18.2 Å². The summed E-state index contributed by atoms with van der Waals surface area (Å²) in [4.78, 5) is 11.2. The predicted octanol–water partition coefficient (Wildman–Crippen LogP) is 2.69.